The minimum absolute atomic E-state index is 0. The van der Waals surface area contributed by atoms with Crippen LogP contribution in [0, 0.1) is 0 Å². The smallest absolute Gasteiger partial charge is 0.416 e. The minimum Gasteiger partial charge on any atom is -0.463 e. The van der Waals surface area contributed by atoms with E-state index in [1.807, 2.05) is 13.8 Å². The van der Waals surface area contributed by atoms with Crippen LogP contribution in [0.15, 0.2) is 29.3 Å². The van der Waals surface area contributed by atoms with Crippen LogP contribution in [-0.2, 0) is 22.3 Å². The molecule has 2 rings (SSSR count). The number of esters is 1. The molecule has 1 aliphatic rings. The monoisotopic (exact) mass is 542 g/mol. The molecule has 0 radical (unpaired) electrons. The SMILES string of the molecule is CN=C(NCCC(=O)OC(C)C)NC1CCN(Cc2ccc(C(F)(F)F)cc2)C1.I. The molecule has 1 atom stereocenters. The minimum atomic E-state index is -4.31. The van der Waals surface area contributed by atoms with Gasteiger partial charge in [0.1, 0.15) is 0 Å². The van der Waals surface area contributed by atoms with Crippen LogP contribution in [0.3, 0.4) is 0 Å². The van der Waals surface area contributed by atoms with Gasteiger partial charge in [-0.05, 0) is 38.0 Å². The fourth-order valence-corrected chi connectivity index (χ4v) is 3.14. The van der Waals surface area contributed by atoms with Gasteiger partial charge in [0.05, 0.1) is 18.1 Å². The van der Waals surface area contributed by atoms with Crippen LogP contribution in [0.1, 0.15) is 37.8 Å². The lowest BCUT2D eigenvalue weighted by molar-refractivity contribution is -0.147. The summed E-state index contributed by atoms with van der Waals surface area (Å²) >= 11 is 0. The number of aliphatic imine (C=N–C) groups is 1. The van der Waals surface area contributed by atoms with E-state index >= 15 is 0 Å². The molecule has 30 heavy (non-hydrogen) atoms. The summed E-state index contributed by atoms with van der Waals surface area (Å²) in [5, 5.41) is 6.42. The van der Waals surface area contributed by atoms with Crippen molar-refractivity contribution in [1.82, 2.24) is 15.5 Å². The summed E-state index contributed by atoms with van der Waals surface area (Å²) < 4.78 is 43.1. The average molecular weight is 542 g/mol. The standard InChI is InChI=1S/C20H29F3N4O2.HI/c1-14(2)29-18(28)8-10-25-19(24-3)26-17-9-11-27(13-17)12-15-4-6-16(7-5-15)20(21,22)23;/h4-7,14,17H,8-13H2,1-3H3,(H2,24,25,26);1H. The van der Waals surface area contributed by atoms with Crippen molar-refractivity contribution >= 4 is 35.9 Å². The molecule has 1 aliphatic heterocycles. The van der Waals surface area contributed by atoms with E-state index in [-0.39, 0.29) is 48.5 Å². The van der Waals surface area contributed by atoms with Crippen LogP contribution in [0.25, 0.3) is 0 Å². The van der Waals surface area contributed by atoms with Crippen molar-refractivity contribution in [3.63, 3.8) is 0 Å². The number of halogens is 4. The Hall–Kier alpha value is -1.56. The van der Waals surface area contributed by atoms with E-state index in [4.69, 9.17) is 4.74 Å². The summed E-state index contributed by atoms with van der Waals surface area (Å²) in [5.74, 6) is 0.357. The number of nitrogens with one attached hydrogen (secondary N) is 2. The van der Waals surface area contributed by atoms with Gasteiger partial charge >= 0.3 is 12.1 Å². The van der Waals surface area contributed by atoms with Gasteiger partial charge in [-0.3, -0.25) is 14.7 Å². The first-order valence-corrected chi connectivity index (χ1v) is 9.72. The highest BCUT2D eigenvalue weighted by Gasteiger charge is 2.30. The van der Waals surface area contributed by atoms with Crippen molar-refractivity contribution < 1.29 is 22.7 Å². The first-order valence-electron chi connectivity index (χ1n) is 9.72. The van der Waals surface area contributed by atoms with Crippen LogP contribution in [0.2, 0.25) is 0 Å². The molecule has 1 unspecified atom stereocenters. The summed E-state index contributed by atoms with van der Waals surface area (Å²) in [6, 6.07) is 5.48. The number of alkyl halides is 3. The molecule has 10 heteroatoms. The maximum atomic E-state index is 12.7. The van der Waals surface area contributed by atoms with Gasteiger partial charge in [-0.2, -0.15) is 13.2 Å². The van der Waals surface area contributed by atoms with Gasteiger partial charge in [0.2, 0.25) is 0 Å². The average Bonchev–Trinajstić information content (AvgIpc) is 3.06. The lowest BCUT2D eigenvalue weighted by Crippen LogP contribution is -2.45. The fraction of sp³-hybridized carbons (Fsp3) is 0.600. The van der Waals surface area contributed by atoms with Gasteiger partial charge in [0, 0.05) is 39.3 Å². The maximum absolute atomic E-state index is 12.7. The molecule has 1 aromatic carbocycles. The van der Waals surface area contributed by atoms with Gasteiger partial charge in [-0.25, -0.2) is 0 Å². The summed E-state index contributed by atoms with van der Waals surface area (Å²) in [6.07, 6.45) is -3.29. The van der Waals surface area contributed by atoms with E-state index in [0.717, 1.165) is 37.2 Å². The Bertz CT molecular complexity index is 696. The molecule has 0 amide bonds. The Labute approximate surface area is 192 Å². The van der Waals surface area contributed by atoms with Crippen molar-refractivity contribution in [2.45, 2.75) is 51.6 Å². The molecule has 1 saturated heterocycles. The third kappa shape index (κ3) is 9.07. The van der Waals surface area contributed by atoms with Gasteiger partial charge in [0.25, 0.3) is 0 Å². The summed E-state index contributed by atoms with van der Waals surface area (Å²) in [4.78, 5) is 17.9. The molecule has 2 N–H and O–H groups in total. The Balaban J connectivity index is 0.00000450. The maximum Gasteiger partial charge on any atom is 0.416 e. The van der Waals surface area contributed by atoms with Crippen molar-refractivity contribution in [2.24, 2.45) is 4.99 Å². The molecule has 0 spiro atoms. The lowest BCUT2D eigenvalue weighted by atomic mass is 10.1. The van der Waals surface area contributed by atoms with E-state index in [2.05, 4.69) is 20.5 Å². The van der Waals surface area contributed by atoms with Crippen molar-refractivity contribution in [3.05, 3.63) is 35.4 Å². The second-order valence-electron chi connectivity index (χ2n) is 7.35. The number of ether oxygens (including phenoxy) is 1. The number of carbonyl (C=O) groups excluding carboxylic acids is 1. The summed E-state index contributed by atoms with van der Waals surface area (Å²) in [6.45, 7) is 6.24. The van der Waals surface area contributed by atoms with Gasteiger partial charge in [-0.1, -0.05) is 12.1 Å². The number of hydrogen-bond donors (Lipinski definition) is 2. The number of nitrogens with zero attached hydrogens (tertiary/aromatic N) is 2. The van der Waals surface area contributed by atoms with E-state index in [9.17, 15) is 18.0 Å². The molecular formula is C20H30F3IN4O2. The molecule has 1 aromatic rings. The van der Waals surface area contributed by atoms with Crippen molar-refractivity contribution in [1.29, 1.82) is 0 Å². The summed E-state index contributed by atoms with van der Waals surface area (Å²) in [5.41, 5.74) is 0.221. The normalized spacial score (nSPS) is 17.6. The van der Waals surface area contributed by atoms with E-state index < -0.39 is 11.7 Å². The third-order valence-corrected chi connectivity index (χ3v) is 4.51. The topological polar surface area (TPSA) is 66.0 Å². The number of guanidine groups is 1. The number of hydrogen-bond acceptors (Lipinski definition) is 4. The third-order valence-electron chi connectivity index (χ3n) is 4.51. The molecule has 170 valence electrons. The second-order valence-corrected chi connectivity index (χ2v) is 7.35. The predicted molar refractivity (Wildman–Crippen MR) is 121 cm³/mol. The largest absolute Gasteiger partial charge is 0.463 e. The molecule has 0 aliphatic carbocycles. The first kappa shape index (κ1) is 26.5. The Morgan fingerprint density at radius 1 is 1.30 bits per heavy atom. The number of carbonyl (C=O) groups is 1. The van der Waals surface area contributed by atoms with Crippen molar-refractivity contribution in [2.75, 3.05) is 26.7 Å². The Morgan fingerprint density at radius 2 is 1.97 bits per heavy atom. The van der Waals surface area contributed by atoms with Crippen molar-refractivity contribution in [3.8, 4) is 0 Å². The van der Waals surface area contributed by atoms with E-state index in [1.165, 1.54) is 12.1 Å². The highest BCUT2D eigenvalue weighted by atomic mass is 127. The highest BCUT2D eigenvalue weighted by molar-refractivity contribution is 14.0. The van der Waals surface area contributed by atoms with Crippen LogP contribution in [0.4, 0.5) is 13.2 Å². The quantitative estimate of drug-likeness (QED) is 0.240. The zero-order valence-electron chi connectivity index (χ0n) is 17.5. The molecule has 0 bridgehead atoms. The summed E-state index contributed by atoms with van der Waals surface area (Å²) in [7, 11) is 1.66. The molecule has 0 saturated carbocycles. The van der Waals surface area contributed by atoms with Crippen LogP contribution < -0.4 is 10.6 Å². The van der Waals surface area contributed by atoms with Crippen LogP contribution >= 0.6 is 24.0 Å². The lowest BCUT2D eigenvalue weighted by Gasteiger charge is -2.19. The second kappa shape index (κ2) is 12.3. The fourth-order valence-electron chi connectivity index (χ4n) is 3.14. The molecule has 6 nitrogen and oxygen atoms in total. The van der Waals surface area contributed by atoms with Crippen LogP contribution in [-0.4, -0.2) is 55.7 Å². The van der Waals surface area contributed by atoms with Gasteiger partial charge in [-0.15, -0.1) is 24.0 Å². The molecule has 1 fully saturated rings. The zero-order valence-corrected chi connectivity index (χ0v) is 19.8. The van der Waals surface area contributed by atoms with Crippen LogP contribution in [0.5, 0.6) is 0 Å². The Kier molecular flexibility index (Phi) is 10.9. The predicted octanol–water partition coefficient (Wildman–Crippen LogP) is 3.40. The highest BCUT2D eigenvalue weighted by Crippen LogP contribution is 2.29. The number of rotatable bonds is 7. The Morgan fingerprint density at radius 3 is 2.53 bits per heavy atom. The van der Waals surface area contributed by atoms with E-state index in [1.54, 1.807) is 7.05 Å². The number of benzene rings is 1. The molecule has 1 heterocycles. The van der Waals surface area contributed by atoms with Gasteiger partial charge in [0.15, 0.2) is 5.96 Å². The van der Waals surface area contributed by atoms with E-state index in [0.29, 0.717) is 19.0 Å². The van der Waals surface area contributed by atoms with Gasteiger partial charge < -0.3 is 15.4 Å². The first-order chi connectivity index (χ1) is 13.7. The molecular weight excluding hydrogens is 512 g/mol. The number of likely N-dealkylation sites (tertiary alicyclic amines) is 1. The molecule has 0 aromatic heterocycles. The zero-order chi connectivity index (χ0) is 21.4.